The first kappa shape index (κ1) is 19.0. The summed E-state index contributed by atoms with van der Waals surface area (Å²) < 4.78 is 0. The van der Waals surface area contributed by atoms with Gasteiger partial charge in [0.25, 0.3) is 5.91 Å². The van der Waals surface area contributed by atoms with Gasteiger partial charge in [-0.25, -0.2) is 0 Å². The Kier molecular flexibility index (Phi) is 7.54. The molecule has 0 aliphatic rings. The highest BCUT2D eigenvalue weighted by Gasteiger charge is 2.22. The Hall–Kier alpha value is -2.08. The van der Waals surface area contributed by atoms with Gasteiger partial charge in [-0.15, -0.1) is 0 Å². The van der Waals surface area contributed by atoms with Gasteiger partial charge in [-0.1, -0.05) is 25.4 Å². The standard InChI is InChI=1S/C16H21ClN2O4/c1-10(2)9-13(16(23)18-8-7-14(20)21)19-15(22)11-3-5-12(17)6-4-11/h3-6,10,13H,7-9H2,1-2H3,(H,18,23)(H,19,22)(H,20,21)/t13-/m0/s1. The van der Waals surface area contributed by atoms with Crippen molar-refractivity contribution in [2.75, 3.05) is 6.54 Å². The number of carboxylic acids is 1. The molecule has 0 saturated heterocycles. The first-order valence-corrected chi connectivity index (χ1v) is 7.73. The molecular weight excluding hydrogens is 320 g/mol. The number of carboxylic acid groups (broad SMARTS) is 1. The second-order valence-electron chi connectivity index (χ2n) is 5.60. The van der Waals surface area contributed by atoms with Crippen LogP contribution in [0, 0.1) is 5.92 Å². The van der Waals surface area contributed by atoms with Crippen LogP contribution >= 0.6 is 11.6 Å². The van der Waals surface area contributed by atoms with Crippen LogP contribution in [0.1, 0.15) is 37.0 Å². The quantitative estimate of drug-likeness (QED) is 0.675. The van der Waals surface area contributed by atoms with Crippen molar-refractivity contribution in [3.05, 3.63) is 34.9 Å². The molecule has 3 N–H and O–H groups in total. The Morgan fingerprint density at radius 2 is 1.78 bits per heavy atom. The summed E-state index contributed by atoms with van der Waals surface area (Å²) in [5, 5.41) is 14.3. The minimum atomic E-state index is -0.990. The highest BCUT2D eigenvalue weighted by Crippen LogP contribution is 2.11. The minimum Gasteiger partial charge on any atom is -0.481 e. The lowest BCUT2D eigenvalue weighted by Gasteiger charge is -2.20. The van der Waals surface area contributed by atoms with Crippen LogP contribution < -0.4 is 10.6 Å². The number of carbonyl (C=O) groups is 3. The van der Waals surface area contributed by atoms with E-state index in [2.05, 4.69) is 10.6 Å². The molecule has 0 bridgehead atoms. The molecule has 0 fully saturated rings. The number of hydrogen-bond donors (Lipinski definition) is 3. The van der Waals surface area contributed by atoms with Gasteiger partial charge in [0.1, 0.15) is 6.04 Å². The molecule has 0 unspecified atom stereocenters. The fraction of sp³-hybridized carbons (Fsp3) is 0.438. The van der Waals surface area contributed by atoms with E-state index in [1.165, 1.54) is 0 Å². The Balaban J connectivity index is 2.69. The second-order valence-corrected chi connectivity index (χ2v) is 6.03. The molecule has 0 spiro atoms. The largest absolute Gasteiger partial charge is 0.481 e. The lowest BCUT2D eigenvalue weighted by atomic mass is 10.0. The van der Waals surface area contributed by atoms with E-state index in [0.29, 0.717) is 17.0 Å². The summed E-state index contributed by atoms with van der Waals surface area (Å²) in [7, 11) is 0. The van der Waals surface area contributed by atoms with E-state index in [1.807, 2.05) is 13.8 Å². The van der Waals surface area contributed by atoms with Gasteiger partial charge in [-0.3, -0.25) is 14.4 Å². The third kappa shape index (κ3) is 7.15. The predicted molar refractivity (Wildman–Crippen MR) is 87.4 cm³/mol. The molecule has 6 nitrogen and oxygen atoms in total. The molecule has 7 heteroatoms. The van der Waals surface area contributed by atoms with Crippen LogP contribution in [0.5, 0.6) is 0 Å². The highest BCUT2D eigenvalue weighted by molar-refractivity contribution is 6.30. The first-order valence-electron chi connectivity index (χ1n) is 7.35. The van der Waals surface area contributed by atoms with Crippen LogP contribution in [0.25, 0.3) is 0 Å². The van der Waals surface area contributed by atoms with E-state index in [-0.39, 0.29) is 30.7 Å². The monoisotopic (exact) mass is 340 g/mol. The molecule has 0 aliphatic carbocycles. The number of amides is 2. The van der Waals surface area contributed by atoms with E-state index in [9.17, 15) is 14.4 Å². The molecule has 1 atom stereocenters. The third-order valence-electron chi connectivity index (χ3n) is 3.07. The number of halogens is 1. The van der Waals surface area contributed by atoms with Crippen molar-refractivity contribution in [2.24, 2.45) is 5.92 Å². The topological polar surface area (TPSA) is 95.5 Å². The highest BCUT2D eigenvalue weighted by atomic mass is 35.5. The maximum atomic E-state index is 12.2. The van der Waals surface area contributed by atoms with Gasteiger partial charge in [0.15, 0.2) is 0 Å². The van der Waals surface area contributed by atoms with Crippen molar-refractivity contribution in [1.29, 1.82) is 0 Å². The van der Waals surface area contributed by atoms with Crippen molar-refractivity contribution in [2.45, 2.75) is 32.7 Å². The van der Waals surface area contributed by atoms with E-state index in [0.717, 1.165) is 0 Å². The Morgan fingerprint density at radius 1 is 1.17 bits per heavy atom. The van der Waals surface area contributed by atoms with Gasteiger partial charge in [0.05, 0.1) is 6.42 Å². The lowest BCUT2D eigenvalue weighted by molar-refractivity contribution is -0.137. The van der Waals surface area contributed by atoms with Gasteiger partial charge >= 0.3 is 5.97 Å². The van der Waals surface area contributed by atoms with Crippen molar-refractivity contribution in [3.63, 3.8) is 0 Å². The normalized spacial score (nSPS) is 11.8. The van der Waals surface area contributed by atoms with Crippen molar-refractivity contribution >= 4 is 29.4 Å². The van der Waals surface area contributed by atoms with Crippen LogP contribution in [-0.2, 0) is 9.59 Å². The Morgan fingerprint density at radius 3 is 2.30 bits per heavy atom. The minimum absolute atomic E-state index is 0.0274. The molecular formula is C16H21ClN2O4. The predicted octanol–water partition coefficient (Wildman–Crippen LogP) is 2.08. The lowest BCUT2D eigenvalue weighted by Crippen LogP contribution is -2.47. The smallest absolute Gasteiger partial charge is 0.305 e. The van der Waals surface area contributed by atoms with Gasteiger partial charge in [0, 0.05) is 17.1 Å². The molecule has 23 heavy (non-hydrogen) atoms. The van der Waals surface area contributed by atoms with Gasteiger partial charge in [0.2, 0.25) is 5.91 Å². The fourth-order valence-electron chi connectivity index (χ4n) is 1.96. The molecule has 0 aliphatic heterocycles. The zero-order valence-corrected chi connectivity index (χ0v) is 13.9. The summed E-state index contributed by atoms with van der Waals surface area (Å²) in [6.45, 7) is 3.90. The molecule has 2 amide bonds. The first-order chi connectivity index (χ1) is 10.8. The van der Waals surface area contributed by atoms with Crippen LogP contribution in [0.15, 0.2) is 24.3 Å². The van der Waals surface area contributed by atoms with Crippen LogP contribution in [-0.4, -0.2) is 35.5 Å². The molecule has 1 aromatic rings. The van der Waals surface area contributed by atoms with Crippen LogP contribution in [0.3, 0.4) is 0 Å². The summed E-state index contributed by atoms with van der Waals surface area (Å²) in [6.07, 6.45) is 0.295. The summed E-state index contributed by atoms with van der Waals surface area (Å²) in [6, 6.07) is 5.63. The second kappa shape index (κ2) is 9.15. The van der Waals surface area contributed by atoms with E-state index in [1.54, 1.807) is 24.3 Å². The summed E-state index contributed by atoms with van der Waals surface area (Å²) >= 11 is 5.78. The number of aliphatic carboxylic acids is 1. The number of rotatable bonds is 8. The maximum absolute atomic E-state index is 12.2. The summed E-state index contributed by atoms with van der Waals surface area (Å²) in [4.78, 5) is 34.8. The van der Waals surface area contributed by atoms with Gasteiger partial charge < -0.3 is 15.7 Å². The summed E-state index contributed by atoms with van der Waals surface area (Å²) in [5.74, 6) is -1.56. The Bertz CT molecular complexity index is 558. The SMILES string of the molecule is CC(C)C[C@H](NC(=O)c1ccc(Cl)cc1)C(=O)NCCC(=O)O. The maximum Gasteiger partial charge on any atom is 0.305 e. The Labute approximate surface area is 140 Å². The average Bonchev–Trinajstić information content (AvgIpc) is 2.46. The van der Waals surface area contributed by atoms with E-state index in [4.69, 9.17) is 16.7 Å². The van der Waals surface area contributed by atoms with E-state index >= 15 is 0 Å². The fourth-order valence-corrected chi connectivity index (χ4v) is 2.09. The third-order valence-corrected chi connectivity index (χ3v) is 3.33. The number of carbonyl (C=O) groups excluding carboxylic acids is 2. The summed E-state index contributed by atoms with van der Waals surface area (Å²) in [5.41, 5.74) is 0.404. The van der Waals surface area contributed by atoms with Gasteiger partial charge in [-0.05, 0) is 36.6 Å². The molecule has 0 heterocycles. The average molecular weight is 341 g/mol. The zero-order valence-electron chi connectivity index (χ0n) is 13.1. The van der Waals surface area contributed by atoms with Gasteiger partial charge in [-0.2, -0.15) is 0 Å². The van der Waals surface area contributed by atoms with E-state index < -0.39 is 12.0 Å². The molecule has 0 aromatic heterocycles. The van der Waals surface area contributed by atoms with Crippen LogP contribution in [0.2, 0.25) is 5.02 Å². The molecule has 126 valence electrons. The molecule has 0 radical (unpaired) electrons. The number of benzene rings is 1. The van der Waals surface area contributed by atoms with Crippen molar-refractivity contribution in [3.8, 4) is 0 Å². The van der Waals surface area contributed by atoms with Crippen molar-refractivity contribution < 1.29 is 19.5 Å². The molecule has 1 rings (SSSR count). The molecule has 0 saturated carbocycles. The number of hydrogen-bond acceptors (Lipinski definition) is 3. The van der Waals surface area contributed by atoms with Crippen LogP contribution in [0.4, 0.5) is 0 Å². The number of nitrogens with one attached hydrogen (secondary N) is 2. The van der Waals surface area contributed by atoms with Crippen molar-refractivity contribution in [1.82, 2.24) is 10.6 Å². The molecule has 1 aromatic carbocycles. The zero-order chi connectivity index (χ0) is 17.4.